The number of nitrogens with one attached hydrogen (secondary N) is 1. The first-order valence-corrected chi connectivity index (χ1v) is 12.8. The Morgan fingerprint density at radius 1 is 1.16 bits per heavy atom. The summed E-state index contributed by atoms with van der Waals surface area (Å²) in [5.74, 6) is 0.188. The van der Waals surface area contributed by atoms with Crippen molar-refractivity contribution < 1.29 is 18.3 Å². The summed E-state index contributed by atoms with van der Waals surface area (Å²) in [4.78, 5) is 13.2. The van der Waals surface area contributed by atoms with Crippen LogP contribution >= 0.6 is 11.8 Å². The lowest BCUT2D eigenvalue weighted by Gasteiger charge is -2.26. The van der Waals surface area contributed by atoms with Gasteiger partial charge >= 0.3 is 0 Å². The molecule has 1 fully saturated rings. The molecule has 0 aromatic heterocycles. The predicted octanol–water partition coefficient (Wildman–Crippen LogP) is 3.29. The lowest BCUT2D eigenvalue weighted by molar-refractivity contribution is -0.123. The van der Waals surface area contributed by atoms with Crippen LogP contribution in [0.4, 0.5) is 0 Å². The summed E-state index contributed by atoms with van der Waals surface area (Å²) in [6, 6.07) is 15.9. The van der Waals surface area contributed by atoms with E-state index in [-0.39, 0.29) is 35.4 Å². The number of aliphatic hydroxyl groups is 1. The quantitative estimate of drug-likeness (QED) is 0.659. The second-order valence-corrected chi connectivity index (χ2v) is 11.7. The Balaban J connectivity index is 1.80. The molecule has 1 heterocycles. The zero-order chi connectivity index (χ0) is 22.6. The molecule has 1 saturated heterocycles. The molecule has 168 valence electrons. The maximum absolute atomic E-state index is 13.3. The van der Waals surface area contributed by atoms with Crippen molar-refractivity contribution in [2.75, 3.05) is 18.9 Å². The van der Waals surface area contributed by atoms with Crippen LogP contribution in [-0.2, 0) is 20.2 Å². The van der Waals surface area contributed by atoms with Crippen LogP contribution in [0.15, 0.2) is 59.5 Å². The number of carbonyl (C=O) groups excluding carboxylic acids is 1. The molecule has 0 unspecified atom stereocenters. The molecule has 0 saturated carbocycles. The normalized spacial score (nSPS) is 18.6. The van der Waals surface area contributed by atoms with E-state index < -0.39 is 15.4 Å². The van der Waals surface area contributed by atoms with Crippen molar-refractivity contribution in [1.29, 1.82) is 0 Å². The van der Waals surface area contributed by atoms with E-state index in [9.17, 15) is 18.3 Å². The number of rotatable bonds is 7. The molecule has 1 amide bonds. The molecule has 2 atom stereocenters. The minimum absolute atomic E-state index is 0.0760. The first-order chi connectivity index (χ1) is 14.6. The van der Waals surface area contributed by atoms with E-state index >= 15 is 0 Å². The van der Waals surface area contributed by atoms with E-state index in [0.29, 0.717) is 12.2 Å². The van der Waals surface area contributed by atoms with Crippen LogP contribution in [0.3, 0.4) is 0 Å². The highest BCUT2D eigenvalue weighted by molar-refractivity contribution is 8.02. The van der Waals surface area contributed by atoms with Crippen LogP contribution in [-0.4, -0.2) is 48.0 Å². The molecule has 0 spiro atoms. The van der Waals surface area contributed by atoms with Gasteiger partial charge in [-0.2, -0.15) is 4.31 Å². The third-order valence-corrected chi connectivity index (χ3v) is 8.55. The van der Waals surface area contributed by atoms with E-state index in [1.807, 2.05) is 42.5 Å². The number of carbonyl (C=O) groups is 1. The largest absolute Gasteiger partial charge is 0.396 e. The zero-order valence-electron chi connectivity index (χ0n) is 18.1. The Hall–Kier alpha value is -1.87. The zero-order valence-corrected chi connectivity index (χ0v) is 19.7. The van der Waals surface area contributed by atoms with Crippen molar-refractivity contribution in [2.24, 2.45) is 0 Å². The molecule has 2 N–H and O–H groups in total. The summed E-state index contributed by atoms with van der Waals surface area (Å²) < 4.78 is 27.8. The van der Waals surface area contributed by atoms with Gasteiger partial charge in [0.2, 0.25) is 15.9 Å². The fraction of sp³-hybridized carbons (Fsp3) is 0.435. The summed E-state index contributed by atoms with van der Waals surface area (Å²) in [6.07, 6.45) is 0.355. The molecule has 0 radical (unpaired) electrons. The Morgan fingerprint density at radius 2 is 1.81 bits per heavy atom. The molecular weight excluding hydrogens is 432 g/mol. The number of benzene rings is 2. The van der Waals surface area contributed by atoms with E-state index in [1.54, 1.807) is 12.1 Å². The van der Waals surface area contributed by atoms with Crippen LogP contribution in [0, 0.1) is 0 Å². The Bertz CT molecular complexity index is 986. The van der Waals surface area contributed by atoms with Crippen LogP contribution < -0.4 is 5.32 Å². The maximum atomic E-state index is 13.3. The summed E-state index contributed by atoms with van der Waals surface area (Å²) >= 11 is 1.32. The monoisotopic (exact) mass is 462 g/mol. The summed E-state index contributed by atoms with van der Waals surface area (Å²) in [6.45, 7) is 6.42. The minimum Gasteiger partial charge on any atom is -0.396 e. The lowest BCUT2D eigenvalue weighted by atomic mass is 9.87. The maximum Gasteiger partial charge on any atom is 0.249 e. The Labute approximate surface area is 189 Å². The summed E-state index contributed by atoms with van der Waals surface area (Å²) in [5, 5.41) is 11.5. The molecular formula is C23H30N2O4S2. The molecule has 2 aromatic rings. The number of nitrogens with zero attached hydrogens (tertiary/aromatic N) is 1. The number of aliphatic hydroxyl groups excluding tert-OH is 1. The van der Waals surface area contributed by atoms with E-state index in [0.717, 1.165) is 11.1 Å². The number of hydrogen-bond acceptors (Lipinski definition) is 5. The van der Waals surface area contributed by atoms with Crippen molar-refractivity contribution in [3.05, 3.63) is 65.7 Å². The third-order valence-electron chi connectivity index (χ3n) is 5.34. The highest BCUT2D eigenvalue weighted by Crippen LogP contribution is 2.32. The fourth-order valence-electron chi connectivity index (χ4n) is 3.55. The van der Waals surface area contributed by atoms with Crippen molar-refractivity contribution in [3.8, 4) is 0 Å². The number of hydrogen-bond donors (Lipinski definition) is 2. The molecule has 2 aromatic carbocycles. The van der Waals surface area contributed by atoms with Gasteiger partial charge in [-0.05, 0) is 35.1 Å². The van der Waals surface area contributed by atoms with Crippen molar-refractivity contribution in [3.63, 3.8) is 0 Å². The summed E-state index contributed by atoms with van der Waals surface area (Å²) in [7, 11) is -3.81. The first-order valence-electron chi connectivity index (χ1n) is 10.3. The standard InChI is InChI=1S/C23H30N2O4S2/c1-23(2,3)18-9-11-19(12-10-18)31(28,29)25-14-16-30-22(25)21(27)24-20(13-15-26)17-7-5-4-6-8-17/h4-12,20,22,26H,13-16H2,1-3H3,(H,24,27)/t20-,22-/m0/s1. The fourth-order valence-corrected chi connectivity index (χ4v) is 6.63. The van der Waals surface area contributed by atoms with Gasteiger partial charge in [0, 0.05) is 18.9 Å². The second-order valence-electron chi connectivity index (χ2n) is 8.60. The van der Waals surface area contributed by atoms with Gasteiger partial charge < -0.3 is 10.4 Å². The average molecular weight is 463 g/mol. The summed E-state index contributed by atoms with van der Waals surface area (Å²) in [5.41, 5.74) is 1.85. The van der Waals surface area contributed by atoms with Crippen molar-refractivity contribution >= 4 is 27.7 Å². The van der Waals surface area contributed by atoms with Gasteiger partial charge in [0.05, 0.1) is 10.9 Å². The highest BCUT2D eigenvalue weighted by atomic mass is 32.2. The topological polar surface area (TPSA) is 86.7 Å². The van der Waals surface area contributed by atoms with E-state index in [4.69, 9.17) is 0 Å². The molecule has 6 nitrogen and oxygen atoms in total. The van der Waals surface area contributed by atoms with Gasteiger partial charge in [-0.3, -0.25) is 4.79 Å². The minimum atomic E-state index is -3.81. The van der Waals surface area contributed by atoms with E-state index in [2.05, 4.69) is 26.1 Å². The van der Waals surface area contributed by atoms with Crippen LogP contribution in [0.1, 0.15) is 44.4 Å². The molecule has 1 aliphatic rings. The van der Waals surface area contributed by atoms with Crippen molar-refractivity contribution in [1.82, 2.24) is 9.62 Å². The molecule has 0 aliphatic carbocycles. The number of thioether (sulfide) groups is 1. The van der Waals surface area contributed by atoms with Gasteiger partial charge in [0.1, 0.15) is 5.37 Å². The van der Waals surface area contributed by atoms with Gasteiger partial charge in [-0.15, -0.1) is 11.8 Å². The van der Waals surface area contributed by atoms with E-state index in [1.165, 1.54) is 16.1 Å². The Morgan fingerprint density at radius 3 is 2.39 bits per heavy atom. The van der Waals surface area contributed by atoms with Gasteiger partial charge in [0.25, 0.3) is 0 Å². The van der Waals surface area contributed by atoms with Crippen LogP contribution in [0.25, 0.3) is 0 Å². The highest BCUT2D eigenvalue weighted by Gasteiger charge is 2.40. The third kappa shape index (κ3) is 5.49. The molecule has 3 rings (SSSR count). The van der Waals surface area contributed by atoms with Crippen LogP contribution in [0.2, 0.25) is 0 Å². The molecule has 31 heavy (non-hydrogen) atoms. The number of sulfonamides is 1. The second kappa shape index (κ2) is 9.73. The van der Waals surface area contributed by atoms with Crippen LogP contribution in [0.5, 0.6) is 0 Å². The molecule has 1 aliphatic heterocycles. The smallest absolute Gasteiger partial charge is 0.249 e. The molecule has 0 bridgehead atoms. The van der Waals surface area contributed by atoms with Gasteiger partial charge in [-0.25, -0.2) is 8.42 Å². The number of amides is 1. The van der Waals surface area contributed by atoms with Gasteiger partial charge in [0.15, 0.2) is 0 Å². The van der Waals surface area contributed by atoms with Crippen molar-refractivity contribution in [2.45, 2.75) is 48.9 Å². The average Bonchev–Trinajstić information content (AvgIpc) is 3.24. The Kier molecular flexibility index (Phi) is 7.47. The van der Waals surface area contributed by atoms with Gasteiger partial charge in [-0.1, -0.05) is 63.2 Å². The predicted molar refractivity (Wildman–Crippen MR) is 124 cm³/mol. The first kappa shape index (κ1) is 23.8. The lowest BCUT2D eigenvalue weighted by Crippen LogP contribution is -2.45. The molecule has 8 heteroatoms. The SMILES string of the molecule is CC(C)(C)c1ccc(S(=O)(=O)N2CCS[C@H]2C(=O)N[C@@H](CCO)c2ccccc2)cc1.